The summed E-state index contributed by atoms with van der Waals surface area (Å²) >= 11 is 0. The Morgan fingerprint density at radius 3 is 2.67 bits per heavy atom. The number of carbonyl (C=O) groups is 1. The van der Waals surface area contributed by atoms with Crippen molar-refractivity contribution in [2.24, 2.45) is 5.92 Å². The molecule has 1 aliphatic rings. The molecule has 0 radical (unpaired) electrons. The highest BCUT2D eigenvalue weighted by atomic mass is 32.2. The largest absolute Gasteiger partial charge is 0.380 e. The van der Waals surface area contributed by atoms with Crippen LogP contribution in [0.25, 0.3) is 0 Å². The monoisotopic (exact) mass is 310 g/mol. The van der Waals surface area contributed by atoms with Crippen molar-refractivity contribution in [1.29, 1.82) is 0 Å². The maximum absolute atomic E-state index is 12.1. The standard InChI is InChI=1S/C15H22N2O3S/c1-3-21(19,20)14-10-5-4-8-13(14)17-12-9-6-7-11(12)15(18)16-2/h4-5,8,10-12,17H,3,6-7,9H2,1-2H3,(H,16,18). The summed E-state index contributed by atoms with van der Waals surface area (Å²) in [6, 6.07) is 6.89. The number of nitrogens with one attached hydrogen (secondary N) is 2. The van der Waals surface area contributed by atoms with Crippen LogP contribution in [0.5, 0.6) is 0 Å². The molecule has 6 heteroatoms. The molecule has 0 heterocycles. The fourth-order valence-corrected chi connectivity index (χ4v) is 3.90. The molecule has 2 unspecified atom stereocenters. The lowest BCUT2D eigenvalue weighted by atomic mass is 10.0. The highest BCUT2D eigenvalue weighted by Gasteiger charge is 2.33. The van der Waals surface area contributed by atoms with Crippen molar-refractivity contribution in [3.63, 3.8) is 0 Å². The van der Waals surface area contributed by atoms with Crippen LogP contribution in [0.4, 0.5) is 5.69 Å². The van der Waals surface area contributed by atoms with Crippen LogP contribution in [-0.2, 0) is 14.6 Å². The normalized spacial score (nSPS) is 22.0. The summed E-state index contributed by atoms with van der Waals surface area (Å²) in [5.74, 6) is -0.0249. The van der Waals surface area contributed by atoms with Crippen molar-refractivity contribution in [3.05, 3.63) is 24.3 Å². The topological polar surface area (TPSA) is 75.3 Å². The van der Waals surface area contributed by atoms with Crippen LogP contribution in [0.1, 0.15) is 26.2 Å². The molecule has 1 fully saturated rings. The Bertz CT molecular complexity index is 613. The Balaban J connectivity index is 2.26. The molecule has 21 heavy (non-hydrogen) atoms. The number of anilines is 1. The Morgan fingerprint density at radius 2 is 2.00 bits per heavy atom. The summed E-state index contributed by atoms with van der Waals surface area (Å²) in [6.07, 6.45) is 2.68. The number of sulfone groups is 1. The molecule has 2 N–H and O–H groups in total. The molecule has 0 saturated heterocycles. The third-order valence-corrected chi connectivity index (χ3v) is 5.83. The van der Waals surface area contributed by atoms with Gasteiger partial charge in [-0.25, -0.2) is 8.42 Å². The van der Waals surface area contributed by atoms with Gasteiger partial charge in [0.05, 0.1) is 22.3 Å². The summed E-state index contributed by atoms with van der Waals surface area (Å²) in [5, 5.41) is 5.96. The first-order valence-electron chi connectivity index (χ1n) is 7.29. The molecule has 116 valence electrons. The minimum atomic E-state index is -3.28. The smallest absolute Gasteiger partial charge is 0.224 e. The lowest BCUT2D eigenvalue weighted by Crippen LogP contribution is -2.36. The third kappa shape index (κ3) is 3.37. The zero-order chi connectivity index (χ0) is 15.5. The predicted octanol–water partition coefficient (Wildman–Crippen LogP) is 1.81. The second-order valence-electron chi connectivity index (χ2n) is 5.30. The van der Waals surface area contributed by atoms with Crippen molar-refractivity contribution < 1.29 is 13.2 Å². The van der Waals surface area contributed by atoms with Crippen LogP contribution in [0.3, 0.4) is 0 Å². The molecule has 0 bridgehead atoms. The van der Waals surface area contributed by atoms with Gasteiger partial charge in [0.2, 0.25) is 5.91 Å². The SMILES string of the molecule is CCS(=O)(=O)c1ccccc1NC1CCCC1C(=O)NC. The summed E-state index contributed by atoms with van der Waals surface area (Å²) < 4.78 is 24.3. The molecule has 1 amide bonds. The number of rotatable bonds is 5. The van der Waals surface area contributed by atoms with E-state index < -0.39 is 9.84 Å². The molecular weight excluding hydrogens is 288 g/mol. The van der Waals surface area contributed by atoms with Gasteiger partial charge in [-0.2, -0.15) is 0 Å². The quantitative estimate of drug-likeness (QED) is 0.869. The second-order valence-corrected chi connectivity index (χ2v) is 7.55. The highest BCUT2D eigenvalue weighted by molar-refractivity contribution is 7.91. The minimum absolute atomic E-state index is 0.0147. The summed E-state index contributed by atoms with van der Waals surface area (Å²) in [5.41, 5.74) is 0.597. The second kappa shape index (κ2) is 6.47. The van der Waals surface area contributed by atoms with Crippen molar-refractivity contribution in [2.45, 2.75) is 37.1 Å². The highest BCUT2D eigenvalue weighted by Crippen LogP contribution is 2.31. The molecule has 2 atom stereocenters. The van der Waals surface area contributed by atoms with Crippen molar-refractivity contribution in [1.82, 2.24) is 5.32 Å². The van der Waals surface area contributed by atoms with Crippen LogP contribution >= 0.6 is 0 Å². The number of carbonyl (C=O) groups excluding carboxylic acids is 1. The molecule has 0 aliphatic heterocycles. The van der Waals surface area contributed by atoms with Gasteiger partial charge in [0.25, 0.3) is 0 Å². The van der Waals surface area contributed by atoms with Crippen LogP contribution in [0.2, 0.25) is 0 Å². The van der Waals surface area contributed by atoms with Gasteiger partial charge in [0, 0.05) is 13.1 Å². The molecule has 0 aromatic heterocycles. The number of hydrogen-bond acceptors (Lipinski definition) is 4. The van der Waals surface area contributed by atoms with Gasteiger partial charge in [-0.3, -0.25) is 4.79 Å². The van der Waals surface area contributed by atoms with Gasteiger partial charge < -0.3 is 10.6 Å². The molecule has 1 aliphatic carbocycles. The number of para-hydroxylation sites is 1. The first-order chi connectivity index (χ1) is 9.99. The van der Waals surface area contributed by atoms with E-state index in [1.807, 2.05) is 0 Å². The third-order valence-electron chi connectivity index (χ3n) is 4.04. The van der Waals surface area contributed by atoms with Crippen LogP contribution in [0, 0.1) is 5.92 Å². The van der Waals surface area contributed by atoms with Crippen LogP contribution in [0.15, 0.2) is 29.2 Å². The Labute approximate surface area is 126 Å². The van der Waals surface area contributed by atoms with E-state index in [1.54, 1.807) is 38.2 Å². The van der Waals surface area contributed by atoms with Crippen molar-refractivity contribution in [2.75, 3.05) is 18.1 Å². The van der Waals surface area contributed by atoms with Crippen molar-refractivity contribution in [3.8, 4) is 0 Å². The first kappa shape index (κ1) is 15.8. The van der Waals surface area contributed by atoms with Gasteiger partial charge in [-0.05, 0) is 25.0 Å². The van der Waals surface area contributed by atoms with Gasteiger partial charge in [-0.15, -0.1) is 0 Å². The average Bonchev–Trinajstić information content (AvgIpc) is 2.95. The van der Waals surface area contributed by atoms with E-state index in [0.717, 1.165) is 19.3 Å². The number of amides is 1. The lowest BCUT2D eigenvalue weighted by molar-refractivity contribution is -0.124. The van der Waals surface area contributed by atoms with Gasteiger partial charge in [0.15, 0.2) is 9.84 Å². The molecular formula is C15H22N2O3S. The Kier molecular flexibility index (Phi) is 4.88. The van der Waals surface area contributed by atoms with Gasteiger partial charge in [-0.1, -0.05) is 25.5 Å². The number of benzene rings is 1. The minimum Gasteiger partial charge on any atom is -0.380 e. The summed E-state index contributed by atoms with van der Waals surface area (Å²) in [7, 11) is -1.64. The van der Waals surface area contributed by atoms with Crippen molar-refractivity contribution >= 4 is 21.4 Å². The summed E-state index contributed by atoms with van der Waals surface area (Å²) in [4.78, 5) is 12.2. The molecule has 2 rings (SSSR count). The van der Waals surface area contributed by atoms with Gasteiger partial charge >= 0.3 is 0 Å². The van der Waals surface area contributed by atoms with Crippen LogP contribution in [-0.4, -0.2) is 33.2 Å². The average molecular weight is 310 g/mol. The zero-order valence-electron chi connectivity index (χ0n) is 12.4. The molecule has 5 nitrogen and oxygen atoms in total. The Hall–Kier alpha value is -1.56. The fraction of sp³-hybridized carbons (Fsp3) is 0.533. The van der Waals surface area contributed by atoms with E-state index in [0.29, 0.717) is 10.6 Å². The Morgan fingerprint density at radius 1 is 1.29 bits per heavy atom. The number of hydrogen-bond donors (Lipinski definition) is 2. The predicted molar refractivity (Wildman–Crippen MR) is 83.0 cm³/mol. The molecule has 1 saturated carbocycles. The van der Waals surface area contributed by atoms with E-state index in [4.69, 9.17) is 0 Å². The first-order valence-corrected chi connectivity index (χ1v) is 8.94. The maximum Gasteiger partial charge on any atom is 0.224 e. The van der Waals surface area contributed by atoms with E-state index >= 15 is 0 Å². The van der Waals surface area contributed by atoms with E-state index in [-0.39, 0.29) is 23.6 Å². The lowest BCUT2D eigenvalue weighted by Gasteiger charge is -2.22. The molecule has 1 aromatic carbocycles. The maximum atomic E-state index is 12.1. The van der Waals surface area contributed by atoms with E-state index in [9.17, 15) is 13.2 Å². The van der Waals surface area contributed by atoms with Crippen LogP contribution < -0.4 is 10.6 Å². The summed E-state index contributed by atoms with van der Waals surface area (Å²) in [6.45, 7) is 1.63. The van der Waals surface area contributed by atoms with Gasteiger partial charge in [0.1, 0.15) is 0 Å². The molecule has 1 aromatic rings. The zero-order valence-corrected chi connectivity index (χ0v) is 13.2. The fourth-order valence-electron chi connectivity index (χ4n) is 2.84. The van der Waals surface area contributed by atoms with E-state index in [2.05, 4.69) is 10.6 Å². The van der Waals surface area contributed by atoms with E-state index in [1.165, 1.54) is 0 Å². The molecule has 0 spiro atoms.